The van der Waals surface area contributed by atoms with E-state index in [0.717, 1.165) is 18.9 Å². The number of methoxy groups -OCH3 is 1. The quantitative estimate of drug-likeness (QED) is 0.448. The van der Waals surface area contributed by atoms with Crippen LogP contribution in [0, 0.1) is 10.1 Å². The molecule has 1 aromatic carbocycles. The molecule has 1 heterocycles. The molecule has 0 aliphatic carbocycles. The Balaban J connectivity index is 1.94. The molecule has 1 atom stereocenters. The number of hydrogen-bond donors (Lipinski definition) is 1. The molecule has 0 bridgehead atoms. The Morgan fingerprint density at radius 3 is 2.88 bits per heavy atom. The highest BCUT2D eigenvalue weighted by atomic mass is 16.6. The highest BCUT2D eigenvalue weighted by Gasteiger charge is 2.20. The number of nitrogens with zero attached hydrogens (tertiary/aromatic N) is 1. The van der Waals surface area contributed by atoms with Crippen LogP contribution in [0.15, 0.2) is 18.2 Å². The normalized spacial score (nSPS) is 16.5. The van der Waals surface area contributed by atoms with E-state index >= 15 is 0 Å². The zero-order valence-electron chi connectivity index (χ0n) is 13.1. The number of carbonyl (C=O) groups excluding carboxylic acids is 2. The SMILES string of the molecule is COC(=O)c1ccc(OCC(=O)NC[C@H]2CCCO2)c([N+](=O)[O-])c1. The lowest BCUT2D eigenvalue weighted by atomic mass is 10.2. The Bertz CT molecular complexity index is 626. The Kier molecular flexibility index (Phi) is 6.07. The van der Waals surface area contributed by atoms with Gasteiger partial charge in [-0.2, -0.15) is 0 Å². The number of nitrogens with one attached hydrogen (secondary N) is 1. The van der Waals surface area contributed by atoms with Gasteiger partial charge in [0.1, 0.15) is 0 Å². The van der Waals surface area contributed by atoms with Gasteiger partial charge >= 0.3 is 11.7 Å². The first-order valence-corrected chi connectivity index (χ1v) is 7.39. The molecule has 9 heteroatoms. The van der Waals surface area contributed by atoms with Crippen molar-refractivity contribution in [1.29, 1.82) is 0 Å². The van der Waals surface area contributed by atoms with Gasteiger partial charge in [0.05, 0.1) is 23.7 Å². The second-order valence-electron chi connectivity index (χ2n) is 5.16. The highest BCUT2D eigenvalue weighted by molar-refractivity contribution is 5.90. The van der Waals surface area contributed by atoms with Crippen molar-refractivity contribution in [2.75, 3.05) is 26.9 Å². The fraction of sp³-hybridized carbons (Fsp3) is 0.467. The van der Waals surface area contributed by atoms with Crippen LogP contribution in [0.4, 0.5) is 5.69 Å². The first kappa shape index (κ1) is 17.7. The van der Waals surface area contributed by atoms with Gasteiger partial charge in [0.25, 0.3) is 5.91 Å². The maximum absolute atomic E-state index is 11.7. The molecule has 1 N–H and O–H groups in total. The van der Waals surface area contributed by atoms with Crippen LogP contribution < -0.4 is 10.1 Å². The Morgan fingerprint density at radius 1 is 1.46 bits per heavy atom. The minimum absolute atomic E-state index is 0.00243. The maximum atomic E-state index is 11.7. The highest BCUT2D eigenvalue weighted by Crippen LogP contribution is 2.28. The number of nitro benzene ring substituents is 1. The molecule has 0 spiro atoms. The predicted molar refractivity (Wildman–Crippen MR) is 81.9 cm³/mol. The van der Waals surface area contributed by atoms with Gasteiger partial charge in [-0.1, -0.05) is 0 Å². The van der Waals surface area contributed by atoms with Crippen molar-refractivity contribution in [3.05, 3.63) is 33.9 Å². The van der Waals surface area contributed by atoms with Crippen LogP contribution in [0.25, 0.3) is 0 Å². The summed E-state index contributed by atoms with van der Waals surface area (Å²) < 4.78 is 15.1. The van der Waals surface area contributed by atoms with E-state index in [9.17, 15) is 19.7 Å². The lowest BCUT2D eigenvalue weighted by Gasteiger charge is -2.11. The van der Waals surface area contributed by atoms with Gasteiger partial charge in [-0.05, 0) is 25.0 Å². The van der Waals surface area contributed by atoms with Crippen LogP contribution in [0.2, 0.25) is 0 Å². The van der Waals surface area contributed by atoms with E-state index < -0.39 is 22.5 Å². The second-order valence-corrected chi connectivity index (χ2v) is 5.16. The van der Waals surface area contributed by atoms with Crippen molar-refractivity contribution in [3.63, 3.8) is 0 Å². The molecule has 1 aromatic rings. The predicted octanol–water partition coefficient (Wildman–Crippen LogP) is 1.06. The Morgan fingerprint density at radius 2 is 2.25 bits per heavy atom. The van der Waals surface area contributed by atoms with Crippen LogP contribution in [-0.2, 0) is 14.3 Å². The van der Waals surface area contributed by atoms with Crippen molar-refractivity contribution in [2.45, 2.75) is 18.9 Å². The molecule has 0 saturated carbocycles. The zero-order valence-corrected chi connectivity index (χ0v) is 13.1. The summed E-state index contributed by atoms with van der Waals surface area (Å²) in [7, 11) is 1.18. The van der Waals surface area contributed by atoms with E-state index in [0.29, 0.717) is 13.2 Å². The van der Waals surface area contributed by atoms with E-state index in [1.807, 2.05) is 0 Å². The maximum Gasteiger partial charge on any atom is 0.338 e. The third kappa shape index (κ3) is 4.66. The van der Waals surface area contributed by atoms with Gasteiger partial charge in [0.2, 0.25) is 0 Å². The first-order chi connectivity index (χ1) is 11.5. The molecule has 1 fully saturated rings. The zero-order chi connectivity index (χ0) is 17.5. The molecule has 9 nitrogen and oxygen atoms in total. The molecule has 1 amide bonds. The molecule has 1 aliphatic rings. The number of benzene rings is 1. The topological polar surface area (TPSA) is 117 Å². The lowest BCUT2D eigenvalue weighted by molar-refractivity contribution is -0.385. The molecule has 0 radical (unpaired) electrons. The van der Waals surface area contributed by atoms with Crippen LogP contribution in [0.5, 0.6) is 5.75 Å². The van der Waals surface area contributed by atoms with E-state index in [1.54, 1.807) is 0 Å². The number of amides is 1. The summed E-state index contributed by atoms with van der Waals surface area (Å²) in [5.74, 6) is -1.20. The standard InChI is InChI=1S/C15H18N2O7/c1-22-15(19)10-4-5-13(12(7-10)17(20)21)24-9-14(18)16-8-11-3-2-6-23-11/h4-5,7,11H,2-3,6,8-9H2,1H3,(H,16,18)/t11-/m1/s1. The van der Waals surface area contributed by atoms with Crippen LogP contribution >= 0.6 is 0 Å². The summed E-state index contributed by atoms with van der Waals surface area (Å²) in [6, 6.07) is 3.64. The Hall–Kier alpha value is -2.68. The fourth-order valence-electron chi connectivity index (χ4n) is 2.25. The van der Waals surface area contributed by atoms with Crippen molar-refractivity contribution in [2.24, 2.45) is 0 Å². The van der Waals surface area contributed by atoms with E-state index in [-0.39, 0.29) is 24.0 Å². The number of nitro groups is 1. The first-order valence-electron chi connectivity index (χ1n) is 7.39. The average molecular weight is 338 g/mol. The molecule has 1 aliphatic heterocycles. The van der Waals surface area contributed by atoms with Crippen LogP contribution in [0.3, 0.4) is 0 Å². The minimum atomic E-state index is -0.695. The van der Waals surface area contributed by atoms with Gasteiger partial charge in [-0.15, -0.1) is 0 Å². The number of carbonyl (C=O) groups is 2. The second kappa shape index (κ2) is 8.25. The fourth-order valence-corrected chi connectivity index (χ4v) is 2.25. The molecule has 24 heavy (non-hydrogen) atoms. The third-order valence-corrected chi connectivity index (χ3v) is 3.49. The molecular weight excluding hydrogens is 320 g/mol. The number of rotatable bonds is 7. The van der Waals surface area contributed by atoms with Crippen LogP contribution in [0.1, 0.15) is 23.2 Å². The summed E-state index contributed by atoms with van der Waals surface area (Å²) in [6.07, 6.45) is 1.86. The van der Waals surface area contributed by atoms with Gasteiger partial charge in [-0.3, -0.25) is 14.9 Å². The largest absolute Gasteiger partial charge is 0.477 e. The smallest absolute Gasteiger partial charge is 0.338 e. The number of esters is 1. The monoisotopic (exact) mass is 338 g/mol. The summed E-state index contributed by atoms with van der Waals surface area (Å²) in [4.78, 5) is 33.6. The van der Waals surface area contributed by atoms with Crippen molar-refractivity contribution < 1.29 is 28.7 Å². The van der Waals surface area contributed by atoms with Crippen LogP contribution in [-0.4, -0.2) is 49.8 Å². The van der Waals surface area contributed by atoms with E-state index in [2.05, 4.69) is 10.1 Å². The van der Waals surface area contributed by atoms with Crippen molar-refractivity contribution in [1.82, 2.24) is 5.32 Å². The van der Waals surface area contributed by atoms with Gasteiger partial charge in [0, 0.05) is 19.2 Å². The van der Waals surface area contributed by atoms with Gasteiger partial charge in [-0.25, -0.2) is 4.79 Å². The van der Waals surface area contributed by atoms with Gasteiger partial charge in [0.15, 0.2) is 12.4 Å². The van der Waals surface area contributed by atoms with E-state index in [1.165, 1.54) is 19.2 Å². The summed E-state index contributed by atoms with van der Waals surface area (Å²) in [5.41, 5.74) is -0.385. The summed E-state index contributed by atoms with van der Waals surface area (Å²) in [6.45, 7) is 0.701. The lowest BCUT2D eigenvalue weighted by Crippen LogP contribution is -2.35. The van der Waals surface area contributed by atoms with Crippen molar-refractivity contribution >= 4 is 17.6 Å². The van der Waals surface area contributed by atoms with Crippen molar-refractivity contribution in [3.8, 4) is 5.75 Å². The molecular formula is C15H18N2O7. The molecule has 130 valence electrons. The Labute approximate surface area is 138 Å². The third-order valence-electron chi connectivity index (χ3n) is 3.49. The molecule has 0 aromatic heterocycles. The van der Waals surface area contributed by atoms with E-state index in [4.69, 9.17) is 9.47 Å². The molecule has 1 saturated heterocycles. The summed E-state index contributed by atoms with van der Waals surface area (Å²) in [5, 5.41) is 13.7. The minimum Gasteiger partial charge on any atom is -0.477 e. The average Bonchev–Trinajstić information content (AvgIpc) is 3.10. The molecule has 0 unspecified atom stereocenters. The number of hydrogen-bond acceptors (Lipinski definition) is 7. The summed E-state index contributed by atoms with van der Waals surface area (Å²) >= 11 is 0. The van der Waals surface area contributed by atoms with Gasteiger partial charge < -0.3 is 19.5 Å². The molecule has 2 rings (SSSR count). The number of ether oxygens (including phenoxy) is 3.